The van der Waals surface area contributed by atoms with Gasteiger partial charge in [-0.1, -0.05) is 196 Å². The Kier molecular flexibility index (Phi) is 48.0. The van der Waals surface area contributed by atoms with Crippen molar-refractivity contribution in [3.63, 3.8) is 0 Å². The van der Waals surface area contributed by atoms with Crippen molar-refractivity contribution >= 4 is 11.9 Å². The van der Waals surface area contributed by atoms with Crippen LogP contribution < -0.4 is 0 Å². The van der Waals surface area contributed by atoms with Gasteiger partial charge < -0.3 is 14.2 Å². The van der Waals surface area contributed by atoms with E-state index in [9.17, 15) is 9.59 Å². The predicted octanol–water partition coefficient (Wildman–Crippen LogP) is 16.9. The van der Waals surface area contributed by atoms with Gasteiger partial charge in [-0.3, -0.25) is 9.59 Å². The molecule has 0 aromatic rings. The Morgan fingerprint density at radius 3 is 1.28 bits per heavy atom. The molecular formula is C55H94O5. The summed E-state index contributed by atoms with van der Waals surface area (Å²) in [7, 11) is 0. The number of unbranched alkanes of at least 4 members (excludes halogenated alkanes) is 20. The fourth-order valence-electron chi connectivity index (χ4n) is 6.64. The molecule has 0 N–H and O–H groups in total. The molecule has 1 atom stereocenters. The molecule has 0 aromatic carbocycles. The van der Waals surface area contributed by atoms with Crippen LogP contribution in [0.1, 0.15) is 226 Å². The highest BCUT2D eigenvalue weighted by atomic mass is 16.6. The van der Waals surface area contributed by atoms with Gasteiger partial charge in [0.05, 0.1) is 6.61 Å². The molecule has 0 rings (SSSR count). The smallest absolute Gasteiger partial charge is 0.306 e. The van der Waals surface area contributed by atoms with Crippen LogP contribution in [0.2, 0.25) is 0 Å². The Morgan fingerprint density at radius 2 is 0.783 bits per heavy atom. The van der Waals surface area contributed by atoms with Gasteiger partial charge in [0.2, 0.25) is 0 Å². The van der Waals surface area contributed by atoms with Crippen molar-refractivity contribution in [2.24, 2.45) is 0 Å². The van der Waals surface area contributed by atoms with Crippen molar-refractivity contribution < 1.29 is 23.8 Å². The second kappa shape index (κ2) is 50.4. The quantitative estimate of drug-likeness (QED) is 0.0347. The lowest BCUT2D eigenvalue weighted by Gasteiger charge is -2.18. The molecular weight excluding hydrogens is 741 g/mol. The third kappa shape index (κ3) is 47.8. The van der Waals surface area contributed by atoms with E-state index in [1.165, 1.54) is 89.9 Å². The van der Waals surface area contributed by atoms with Crippen LogP contribution in [0.3, 0.4) is 0 Å². The molecule has 0 aliphatic carbocycles. The summed E-state index contributed by atoms with van der Waals surface area (Å²) in [5.41, 5.74) is 0. The lowest BCUT2D eigenvalue weighted by atomic mass is 10.1. The zero-order chi connectivity index (χ0) is 43.5. The summed E-state index contributed by atoms with van der Waals surface area (Å²) >= 11 is 0. The first kappa shape index (κ1) is 57.1. The number of hydrogen-bond acceptors (Lipinski definition) is 5. The van der Waals surface area contributed by atoms with E-state index in [4.69, 9.17) is 14.2 Å². The summed E-state index contributed by atoms with van der Waals surface area (Å²) in [6.07, 6.45) is 65.9. The number of rotatable bonds is 45. The van der Waals surface area contributed by atoms with Crippen molar-refractivity contribution in [3.05, 3.63) is 85.1 Å². The maximum absolute atomic E-state index is 12.7. The van der Waals surface area contributed by atoms with Crippen LogP contribution >= 0.6 is 0 Å². The molecule has 0 heterocycles. The summed E-state index contributed by atoms with van der Waals surface area (Å²) < 4.78 is 17.3. The Balaban J connectivity index is 4.27. The van der Waals surface area contributed by atoms with Crippen molar-refractivity contribution in [2.45, 2.75) is 232 Å². The van der Waals surface area contributed by atoms with E-state index in [1.807, 2.05) is 0 Å². The molecule has 5 heteroatoms. The number of carbonyl (C=O) groups excluding carboxylic acids is 2. The van der Waals surface area contributed by atoms with Crippen molar-refractivity contribution in [1.82, 2.24) is 0 Å². The molecule has 0 saturated carbocycles. The van der Waals surface area contributed by atoms with E-state index < -0.39 is 6.10 Å². The van der Waals surface area contributed by atoms with Crippen LogP contribution in [0.5, 0.6) is 0 Å². The third-order valence-electron chi connectivity index (χ3n) is 10.4. The Bertz CT molecular complexity index is 1130. The van der Waals surface area contributed by atoms with Crippen LogP contribution in [-0.2, 0) is 23.8 Å². The highest BCUT2D eigenvalue weighted by molar-refractivity contribution is 5.70. The van der Waals surface area contributed by atoms with Crippen LogP contribution in [0.15, 0.2) is 85.1 Å². The Labute approximate surface area is 371 Å². The van der Waals surface area contributed by atoms with Gasteiger partial charge in [0.25, 0.3) is 0 Å². The maximum Gasteiger partial charge on any atom is 0.306 e. The zero-order valence-electron chi connectivity index (χ0n) is 39.5. The number of allylic oxidation sites excluding steroid dienone is 14. The maximum atomic E-state index is 12.7. The number of ether oxygens (including phenoxy) is 3. The first-order chi connectivity index (χ1) is 29.6. The molecule has 0 saturated heterocycles. The molecule has 0 amide bonds. The topological polar surface area (TPSA) is 61.8 Å². The third-order valence-corrected chi connectivity index (χ3v) is 10.4. The monoisotopic (exact) mass is 835 g/mol. The van der Waals surface area contributed by atoms with Gasteiger partial charge in [-0.05, 0) is 103 Å². The highest BCUT2D eigenvalue weighted by Crippen LogP contribution is 2.13. The van der Waals surface area contributed by atoms with E-state index in [0.29, 0.717) is 19.4 Å². The van der Waals surface area contributed by atoms with E-state index in [-0.39, 0.29) is 25.2 Å². The second-order valence-electron chi connectivity index (χ2n) is 16.3. The lowest BCUT2D eigenvalue weighted by molar-refractivity contribution is -0.163. The van der Waals surface area contributed by atoms with Crippen LogP contribution in [0, 0.1) is 0 Å². The molecule has 5 nitrogen and oxygen atoms in total. The fourth-order valence-corrected chi connectivity index (χ4v) is 6.64. The predicted molar refractivity (Wildman–Crippen MR) is 260 cm³/mol. The largest absolute Gasteiger partial charge is 0.462 e. The van der Waals surface area contributed by atoms with E-state index >= 15 is 0 Å². The van der Waals surface area contributed by atoms with E-state index in [1.54, 1.807) is 0 Å². The van der Waals surface area contributed by atoms with E-state index in [2.05, 4.69) is 106 Å². The van der Waals surface area contributed by atoms with E-state index in [0.717, 1.165) is 103 Å². The molecule has 0 bridgehead atoms. The van der Waals surface area contributed by atoms with Gasteiger partial charge >= 0.3 is 11.9 Å². The zero-order valence-corrected chi connectivity index (χ0v) is 39.5. The van der Waals surface area contributed by atoms with Crippen molar-refractivity contribution in [2.75, 3.05) is 19.8 Å². The van der Waals surface area contributed by atoms with Gasteiger partial charge in [0.15, 0.2) is 6.10 Å². The summed E-state index contributed by atoms with van der Waals surface area (Å²) in [5.74, 6) is -0.433. The molecule has 60 heavy (non-hydrogen) atoms. The molecule has 0 aliphatic heterocycles. The standard InChI is InChI=1S/C55H94O5/c1-4-7-10-13-16-19-22-24-25-26-27-28-29-30-32-35-38-41-44-47-50-58-51-53(60-55(57)49-46-43-40-37-33-21-18-15-12-9-6-3)52-59-54(56)48-45-42-39-36-34-31-23-20-17-14-11-8-5-2/h7,10-11,14-16,18-20,23-25,27-28,53H,4-6,8-9,12-13,17,21-22,26,29-52H2,1-3H3/b10-7-,14-11-,18-15-,19-16-,23-20-,25-24-,28-27-. The van der Waals surface area contributed by atoms with Gasteiger partial charge in [-0.25, -0.2) is 0 Å². The van der Waals surface area contributed by atoms with Crippen LogP contribution in [0.25, 0.3) is 0 Å². The Morgan fingerprint density at radius 1 is 0.383 bits per heavy atom. The summed E-state index contributed by atoms with van der Waals surface area (Å²) in [4.78, 5) is 25.3. The van der Waals surface area contributed by atoms with Gasteiger partial charge in [0, 0.05) is 19.4 Å². The minimum absolute atomic E-state index is 0.0667. The summed E-state index contributed by atoms with van der Waals surface area (Å²) in [5, 5.41) is 0. The molecule has 0 aliphatic rings. The van der Waals surface area contributed by atoms with Crippen molar-refractivity contribution in [3.8, 4) is 0 Å². The molecule has 0 spiro atoms. The van der Waals surface area contributed by atoms with Gasteiger partial charge in [-0.2, -0.15) is 0 Å². The SMILES string of the molecule is CC/C=C\C/C=C\C/C=C\C/C=C\CCCCCCCCCOCC(COC(=O)CCCCCCC/C=C\C/C=C\CCC)OC(=O)CCCCCCC/C=C\CCCC. The van der Waals surface area contributed by atoms with Crippen molar-refractivity contribution in [1.29, 1.82) is 0 Å². The Hall–Kier alpha value is -2.92. The van der Waals surface area contributed by atoms with Gasteiger partial charge in [-0.15, -0.1) is 0 Å². The molecule has 0 aromatic heterocycles. The first-order valence-electron chi connectivity index (χ1n) is 25.1. The highest BCUT2D eigenvalue weighted by Gasteiger charge is 2.17. The summed E-state index contributed by atoms with van der Waals surface area (Å²) in [6.45, 7) is 7.57. The fraction of sp³-hybridized carbons (Fsp3) is 0.709. The van der Waals surface area contributed by atoms with Crippen LogP contribution in [0.4, 0.5) is 0 Å². The average Bonchev–Trinajstić information content (AvgIpc) is 3.25. The lowest BCUT2D eigenvalue weighted by Crippen LogP contribution is -2.30. The second-order valence-corrected chi connectivity index (χ2v) is 16.3. The average molecular weight is 835 g/mol. The first-order valence-corrected chi connectivity index (χ1v) is 25.1. The number of carbonyl (C=O) groups is 2. The molecule has 0 fully saturated rings. The molecule has 0 radical (unpaired) electrons. The minimum Gasteiger partial charge on any atom is -0.462 e. The number of hydrogen-bond donors (Lipinski definition) is 0. The minimum atomic E-state index is -0.554. The molecule has 1 unspecified atom stereocenters. The number of esters is 2. The normalized spacial score (nSPS) is 12.9. The summed E-state index contributed by atoms with van der Waals surface area (Å²) in [6, 6.07) is 0. The molecule has 344 valence electrons. The van der Waals surface area contributed by atoms with Gasteiger partial charge in [0.1, 0.15) is 6.61 Å². The van der Waals surface area contributed by atoms with Crippen LogP contribution in [-0.4, -0.2) is 37.9 Å².